The summed E-state index contributed by atoms with van der Waals surface area (Å²) >= 11 is 0. The topological polar surface area (TPSA) is 75.6 Å². The molecule has 0 bridgehead atoms. The molecule has 108 valence electrons. The Morgan fingerprint density at radius 1 is 1.14 bits per heavy atom. The summed E-state index contributed by atoms with van der Waals surface area (Å²) in [7, 11) is 0. The van der Waals surface area contributed by atoms with Crippen molar-refractivity contribution in [1.29, 1.82) is 0 Å². The minimum absolute atomic E-state index is 0.139. The molecule has 0 aliphatic rings. The van der Waals surface area contributed by atoms with Crippen molar-refractivity contribution in [2.45, 2.75) is 6.92 Å². The number of carbonyl (C=O) groups excluding carboxylic acids is 1. The van der Waals surface area contributed by atoms with E-state index in [2.05, 4.69) is 5.32 Å². The number of hydrogen-bond acceptors (Lipinski definition) is 3. The first-order chi connectivity index (χ1) is 10.0. The lowest BCUT2D eigenvalue weighted by molar-refractivity contribution is -0.118. The average molecular weight is 285 g/mol. The van der Waals surface area contributed by atoms with Gasteiger partial charge < -0.3 is 15.2 Å². The smallest absolute Gasteiger partial charge is 0.335 e. The quantitative estimate of drug-likeness (QED) is 0.885. The second-order valence-electron chi connectivity index (χ2n) is 4.54. The van der Waals surface area contributed by atoms with Gasteiger partial charge in [-0.1, -0.05) is 12.1 Å². The zero-order valence-electron chi connectivity index (χ0n) is 11.5. The van der Waals surface area contributed by atoms with Gasteiger partial charge in [-0.25, -0.2) is 4.79 Å². The van der Waals surface area contributed by atoms with Crippen molar-refractivity contribution in [2.75, 3.05) is 11.9 Å². The molecular weight excluding hydrogens is 270 g/mol. The van der Waals surface area contributed by atoms with Gasteiger partial charge in [0.25, 0.3) is 5.91 Å². The number of ether oxygens (including phenoxy) is 1. The molecule has 0 saturated carbocycles. The molecule has 0 saturated heterocycles. The first-order valence-electron chi connectivity index (χ1n) is 6.37. The lowest BCUT2D eigenvalue weighted by Gasteiger charge is -2.08. The van der Waals surface area contributed by atoms with Crippen LogP contribution in [0.1, 0.15) is 15.9 Å². The fourth-order valence-electron chi connectivity index (χ4n) is 1.76. The van der Waals surface area contributed by atoms with Crippen molar-refractivity contribution in [1.82, 2.24) is 0 Å². The van der Waals surface area contributed by atoms with Crippen molar-refractivity contribution in [2.24, 2.45) is 0 Å². The largest absolute Gasteiger partial charge is 0.484 e. The number of nitrogens with one attached hydrogen (secondary N) is 1. The molecule has 0 aliphatic carbocycles. The Balaban J connectivity index is 1.87. The second kappa shape index (κ2) is 6.56. The minimum atomic E-state index is -1.00. The van der Waals surface area contributed by atoms with E-state index in [0.717, 1.165) is 5.56 Å². The molecule has 1 amide bonds. The fourth-order valence-corrected chi connectivity index (χ4v) is 1.76. The van der Waals surface area contributed by atoms with Crippen LogP contribution in [0.5, 0.6) is 5.75 Å². The van der Waals surface area contributed by atoms with Crippen molar-refractivity contribution >= 4 is 17.6 Å². The van der Waals surface area contributed by atoms with E-state index in [1.807, 2.05) is 25.1 Å². The molecular formula is C16H15NO4. The third kappa shape index (κ3) is 4.35. The summed E-state index contributed by atoms with van der Waals surface area (Å²) in [6, 6.07) is 13.3. The summed E-state index contributed by atoms with van der Waals surface area (Å²) in [4.78, 5) is 22.4. The molecule has 5 nitrogen and oxygen atoms in total. The summed E-state index contributed by atoms with van der Waals surface area (Å²) < 4.78 is 5.30. The summed E-state index contributed by atoms with van der Waals surface area (Å²) in [6.45, 7) is 1.80. The van der Waals surface area contributed by atoms with E-state index in [4.69, 9.17) is 9.84 Å². The maximum Gasteiger partial charge on any atom is 0.335 e. The number of hydrogen-bond donors (Lipinski definition) is 2. The van der Waals surface area contributed by atoms with Gasteiger partial charge in [-0.05, 0) is 48.9 Å². The van der Waals surface area contributed by atoms with E-state index in [1.165, 1.54) is 24.3 Å². The van der Waals surface area contributed by atoms with Crippen LogP contribution >= 0.6 is 0 Å². The molecule has 0 aliphatic heterocycles. The molecule has 0 aromatic heterocycles. The number of benzene rings is 2. The predicted octanol–water partition coefficient (Wildman–Crippen LogP) is 2.71. The molecule has 2 aromatic rings. The lowest BCUT2D eigenvalue weighted by Crippen LogP contribution is -2.20. The van der Waals surface area contributed by atoms with E-state index >= 15 is 0 Å². The highest BCUT2D eigenvalue weighted by atomic mass is 16.5. The van der Waals surface area contributed by atoms with Crippen molar-refractivity contribution in [3.63, 3.8) is 0 Å². The van der Waals surface area contributed by atoms with Gasteiger partial charge in [-0.15, -0.1) is 0 Å². The fraction of sp³-hybridized carbons (Fsp3) is 0.125. The zero-order chi connectivity index (χ0) is 15.2. The minimum Gasteiger partial charge on any atom is -0.484 e. The Labute approximate surface area is 122 Å². The first kappa shape index (κ1) is 14.6. The standard InChI is InChI=1S/C16H15NO4/c1-11-3-2-4-13(9-11)17-15(18)10-21-14-7-5-12(6-8-14)16(19)20/h2-9H,10H2,1H3,(H,17,18)(H,19,20). The molecule has 5 heteroatoms. The summed E-state index contributed by atoms with van der Waals surface area (Å²) in [5.41, 5.74) is 1.94. The van der Waals surface area contributed by atoms with Gasteiger partial charge in [0.15, 0.2) is 6.61 Å². The maximum absolute atomic E-state index is 11.7. The highest BCUT2D eigenvalue weighted by Gasteiger charge is 2.05. The Bertz CT molecular complexity index is 650. The van der Waals surface area contributed by atoms with Crippen LogP contribution < -0.4 is 10.1 Å². The number of carboxylic acids is 1. The lowest BCUT2D eigenvalue weighted by atomic mass is 10.2. The van der Waals surface area contributed by atoms with Crippen LogP contribution in [0.4, 0.5) is 5.69 Å². The van der Waals surface area contributed by atoms with Crippen LogP contribution in [0.15, 0.2) is 48.5 Å². The third-order valence-electron chi connectivity index (χ3n) is 2.77. The zero-order valence-corrected chi connectivity index (χ0v) is 11.5. The number of aryl methyl sites for hydroxylation is 1. The first-order valence-corrected chi connectivity index (χ1v) is 6.37. The molecule has 0 unspecified atom stereocenters. The van der Waals surface area contributed by atoms with Gasteiger partial charge in [0.1, 0.15) is 5.75 Å². The number of rotatable bonds is 5. The predicted molar refractivity (Wildman–Crippen MR) is 78.7 cm³/mol. The molecule has 2 aromatic carbocycles. The van der Waals surface area contributed by atoms with Crippen LogP contribution in [0.2, 0.25) is 0 Å². The number of amides is 1. The van der Waals surface area contributed by atoms with Crippen LogP contribution in [0, 0.1) is 6.92 Å². The summed E-state index contributed by atoms with van der Waals surface area (Å²) in [6.07, 6.45) is 0. The van der Waals surface area contributed by atoms with E-state index in [0.29, 0.717) is 11.4 Å². The van der Waals surface area contributed by atoms with Crippen LogP contribution in [-0.2, 0) is 4.79 Å². The highest BCUT2D eigenvalue weighted by Crippen LogP contribution is 2.13. The second-order valence-corrected chi connectivity index (χ2v) is 4.54. The monoisotopic (exact) mass is 285 g/mol. The highest BCUT2D eigenvalue weighted by molar-refractivity contribution is 5.92. The van der Waals surface area contributed by atoms with E-state index in [-0.39, 0.29) is 18.1 Å². The van der Waals surface area contributed by atoms with Crippen LogP contribution in [0.25, 0.3) is 0 Å². The molecule has 0 spiro atoms. The average Bonchev–Trinajstić information content (AvgIpc) is 2.45. The van der Waals surface area contributed by atoms with Gasteiger partial charge in [-0.3, -0.25) is 4.79 Å². The molecule has 0 fully saturated rings. The maximum atomic E-state index is 11.7. The van der Waals surface area contributed by atoms with Gasteiger partial charge in [0.05, 0.1) is 5.56 Å². The molecule has 21 heavy (non-hydrogen) atoms. The Morgan fingerprint density at radius 3 is 2.48 bits per heavy atom. The number of carboxylic acid groups (broad SMARTS) is 1. The molecule has 0 radical (unpaired) electrons. The Kier molecular flexibility index (Phi) is 4.56. The van der Waals surface area contributed by atoms with Crippen LogP contribution in [-0.4, -0.2) is 23.6 Å². The molecule has 0 heterocycles. The SMILES string of the molecule is Cc1cccc(NC(=O)COc2ccc(C(=O)O)cc2)c1. The van der Waals surface area contributed by atoms with E-state index in [9.17, 15) is 9.59 Å². The Morgan fingerprint density at radius 2 is 1.86 bits per heavy atom. The number of anilines is 1. The van der Waals surface area contributed by atoms with E-state index in [1.54, 1.807) is 6.07 Å². The van der Waals surface area contributed by atoms with E-state index < -0.39 is 5.97 Å². The van der Waals surface area contributed by atoms with Crippen molar-refractivity contribution < 1.29 is 19.4 Å². The number of aromatic carboxylic acids is 1. The molecule has 0 atom stereocenters. The van der Waals surface area contributed by atoms with Gasteiger partial charge in [0.2, 0.25) is 0 Å². The normalized spacial score (nSPS) is 9.95. The van der Waals surface area contributed by atoms with Crippen LogP contribution in [0.3, 0.4) is 0 Å². The summed E-state index contributed by atoms with van der Waals surface area (Å²) in [5.74, 6) is -0.832. The van der Waals surface area contributed by atoms with Crippen molar-refractivity contribution in [3.8, 4) is 5.75 Å². The summed E-state index contributed by atoms with van der Waals surface area (Å²) in [5, 5.41) is 11.5. The third-order valence-corrected chi connectivity index (χ3v) is 2.77. The van der Waals surface area contributed by atoms with Gasteiger partial charge >= 0.3 is 5.97 Å². The molecule has 2 N–H and O–H groups in total. The van der Waals surface area contributed by atoms with Gasteiger partial charge in [0, 0.05) is 5.69 Å². The Hall–Kier alpha value is -2.82. The number of carbonyl (C=O) groups is 2. The van der Waals surface area contributed by atoms with Gasteiger partial charge in [-0.2, -0.15) is 0 Å². The van der Waals surface area contributed by atoms with Crippen molar-refractivity contribution in [3.05, 3.63) is 59.7 Å². The molecule has 2 rings (SSSR count).